The first-order chi connectivity index (χ1) is 7.19. The van der Waals surface area contributed by atoms with E-state index in [9.17, 15) is 0 Å². The Morgan fingerprint density at radius 1 is 1.13 bits per heavy atom. The van der Waals surface area contributed by atoms with Gasteiger partial charge < -0.3 is 0 Å². The van der Waals surface area contributed by atoms with Gasteiger partial charge in [-0.05, 0) is 35.8 Å². The lowest BCUT2D eigenvalue weighted by molar-refractivity contribution is 0.674. The molecule has 0 heterocycles. The molecular weight excluding hydrogens is 180 g/mol. The van der Waals surface area contributed by atoms with Gasteiger partial charge in [0.05, 0.1) is 0 Å². The van der Waals surface area contributed by atoms with Gasteiger partial charge in [-0.3, -0.25) is 0 Å². The maximum atomic E-state index is 3.82. The molecule has 1 aromatic carbocycles. The fourth-order valence-corrected chi connectivity index (χ4v) is 1.89. The van der Waals surface area contributed by atoms with Crippen molar-refractivity contribution >= 4 is 0 Å². The summed E-state index contributed by atoms with van der Waals surface area (Å²) >= 11 is 0. The third-order valence-corrected chi connectivity index (χ3v) is 3.02. The lowest BCUT2D eigenvalue weighted by Gasteiger charge is -2.14. The molecule has 1 unspecified atom stereocenters. The van der Waals surface area contributed by atoms with E-state index < -0.39 is 0 Å². The zero-order chi connectivity index (χ0) is 11.3. The van der Waals surface area contributed by atoms with E-state index in [0.717, 1.165) is 6.42 Å². The van der Waals surface area contributed by atoms with E-state index in [1.54, 1.807) is 0 Å². The largest absolute Gasteiger partial charge is 0.103 e. The second-order valence-corrected chi connectivity index (χ2v) is 4.45. The number of hydrogen-bond acceptors (Lipinski definition) is 0. The molecule has 0 aliphatic heterocycles. The standard InChI is InChI=1S/C15H22/c1-5-7-13(6-2)15-10-8-14(9-11-15)12(3)4/h5,8-13H,1,6-7H2,2-4H3. The van der Waals surface area contributed by atoms with Crippen LogP contribution in [0.2, 0.25) is 0 Å². The van der Waals surface area contributed by atoms with E-state index >= 15 is 0 Å². The summed E-state index contributed by atoms with van der Waals surface area (Å²) in [5, 5.41) is 0. The predicted octanol–water partition coefficient (Wildman–Crippen LogP) is 4.88. The number of hydrogen-bond donors (Lipinski definition) is 0. The van der Waals surface area contributed by atoms with E-state index in [1.807, 2.05) is 6.08 Å². The SMILES string of the molecule is C=CCC(CC)c1ccc(C(C)C)cc1. The maximum absolute atomic E-state index is 3.82. The summed E-state index contributed by atoms with van der Waals surface area (Å²) in [6.07, 6.45) is 4.29. The lowest BCUT2D eigenvalue weighted by atomic mass is 9.91. The van der Waals surface area contributed by atoms with Gasteiger partial charge in [-0.25, -0.2) is 0 Å². The van der Waals surface area contributed by atoms with Gasteiger partial charge in [-0.15, -0.1) is 6.58 Å². The number of benzene rings is 1. The highest BCUT2D eigenvalue weighted by Gasteiger charge is 2.07. The van der Waals surface area contributed by atoms with E-state index in [1.165, 1.54) is 17.5 Å². The fraction of sp³-hybridized carbons (Fsp3) is 0.467. The molecule has 82 valence electrons. The summed E-state index contributed by atoms with van der Waals surface area (Å²) in [5.41, 5.74) is 2.87. The molecule has 0 aliphatic carbocycles. The molecule has 0 aromatic heterocycles. The normalized spacial score (nSPS) is 12.8. The minimum atomic E-state index is 0.624. The Bertz CT molecular complexity index is 292. The zero-order valence-corrected chi connectivity index (χ0v) is 10.2. The van der Waals surface area contributed by atoms with Gasteiger partial charge in [-0.2, -0.15) is 0 Å². The molecule has 0 nitrogen and oxygen atoms in total. The second-order valence-electron chi connectivity index (χ2n) is 4.45. The first-order valence-electron chi connectivity index (χ1n) is 5.89. The second kappa shape index (κ2) is 5.75. The van der Waals surface area contributed by atoms with E-state index in [0.29, 0.717) is 11.8 Å². The molecule has 0 aliphatic rings. The smallest absolute Gasteiger partial charge is 0.0130 e. The summed E-state index contributed by atoms with van der Waals surface area (Å²) in [7, 11) is 0. The first kappa shape index (κ1) is 12.0. The van der Waals surface area contributed by atoms with Crippen LogP contribution in [0.25, 0.3) is 0 Å². The van der Waals surface area contributed by atoms with Crippen molar-refractivity contribution in [1.82, 2.24) is 0 Å². The molecule has 1 atom stereocenters. The van der Waals surface area contributed by atoms with Crippen LogP contribution in [-0.2, 0) is 0 Å². The van der Waals surface area contributed by atoms with E-state index in [2.05, 4.69) is 51.6 Å². The van der Waals surface area contributed by atoms with Crippen LogP contribution in [0, 0.1) is 0 Å². The minimum Gasteiger partial charge on any atom is -0.103 e. The van der Waals surface area contributed by atoms with E-state index in [-0.39, 0.29) is 0 Å². The van der Waals surface area contributed by atoms with Crippen molar-refractivity contribution in [3.63, 3.8) is 0 Å². The number of allylic oxidation sites excluding steroid dienone is 1. The van der Waals surface area contributed by atoms with Crippen LogP contribution in [0.1, 0.15) is 56.6 Å². The van der Waals surface area contributed by atoms with Gasteiger partial charge in [0.2, 0.25) is 0 Å². The van der Waals surface area contributed by atoms with Crippen molar-refractivity contribution in [2.75, 3.05) is 0 Å². The molecule has 1 rings (SSSR count). The average molecular weight is 202 g/mol. The Kier molecular flexibility index (Phi) is 4.61. The molecule has 0 radical (unpaired) electrons. The molecule has 0 saturated heterocycles. The van der Waals surface area contributed by atoms with Gasteiger partial charge in [0.25, 0.3) is 0 Å². The predicted molar refractivity (Wildman–Crippen MR) is 68.4 cm³/mol. The van der Waals surface area contributed by atoms with Crippen molar-refractivity contribution in [3.05, 3.63) is 48.0 Å². The summed E-state index contributed by atoms with van der Waals surface area (Å²) in [6, 6.07) is 9.05. The molecule has 0 bridgehead atoms. The Hall–Kier alpha value is -1.04. The zero-order valence-electron chi connectivity index (χ0n) is 10.2. The van der Waals surface area contributed by atoms with Crippen molar-refractivity contribution in [2.45, 2.75) is 45.4 Å². The maximum Gasteiger partial charge on any atom is -0.0130 e. The third kappa shape index (κ3) is 3.23. The average Bonchev–Trinajstić information content (AvgIpc) is 2.26. The molecule has 0 fully saturated rings. The molecule has 0 saturated carbocycles. The topological polar surface area (TPSA) is 0 Å². The van der Waals surface area contributed by atoms with Crippen LogP contribution in [0.3, 0.4) is 0 Å². The minimum absolute atomic E-state index is 0.624. The van der Waals surface area contributed by atoms with Gasteiger partial charge >= 0.3 is 0 Å². The van der Waals surface area contributed by atoms with Gasteiger partial charge in [0, 0.05) is 0 Å². The van der Waals surface area contributed by atoms with Crippen LogP contribution in [-0.4, -0.2) is 0 Å². The van der Waals surface area contributed by atoms with Gasteiger partial charge in [0.15, 0.2) is 0 Å². The summed E-state index contributed by atoms with van der Waals surface area (Å²) in [5.74, 6) is 1.27. The van der Waals surface area contributed by atoms with Crippen molar-refractivity contribution in [1.29, 1.82) is 0 Å². The van der Waals surface area contributed by atoms with Gasteiger partial charge in [0.1, 0.15) is 0 Å². The molecule has 15 heavy (non-hydrogen) atoms. The molecule has 0 heteroatoms. The summed E-state index contributed by atoms with van der Waals surface area (Å²) in [6.45, 7) is 10.5. The Morgan fingerprint density at radius 2 is 1.67 bits per heavy atom. The van der Waals surface area contributed by atoms with Crippen LogP contribution in [0.4, 0.5) is 0 Å². The molecular formula is C15H22. The van der Waals surface area contributed by atoms with E-state index in [4.69, 9.17) is 0 Å². The Balaban J connectivity index is 2.81. The third-order valence-electron chi connectivity index (χ3n) is 3.02. The Labute approximate surface area is 94.0 Å². The fourth-order valence-electron chi connectivity index (χ4n) is 1.89. The van der Waals surface area contributed by atoms with Crippen LogP contribution in [0.15, 0.2) is 36.9 Å². The highest BCUT2D eigenvalue weighted by atomic mass is 14.1. The van der Waals surface area contributed by atoms with Crippen molar-refractivity contribution in [2.24, 2.45) is 0 Å². The monoisotopic (exact) mass is 202 g/mol. The first-order valence-corrected chi connectivity index (χ1v) is 5.89. The van der Waals surface area contributed by atoms with Crippen LogP contribution in [0.5, 0.6) is 0 Å². The Morgan fingerprint density at radius 3 is 2.07 bits per heavy atom. The highest BCUT2D eigenvalue weighted by molar-refractivity contribution is 5.27. The summed E-state index contributed by atoms with van der Waals surface area (Å²) < 4.78 is 0. The van der Waals surface area contributed by atoms with Crippen LogP contribution < -0.4 is 0 Å². The summed E-state index contributed by atoms with van der Waals surface area (Å²) in [4.78, 5) is 0. The van der Waals surface area contributed by atoms with Crippen LogP contribution >= 0.6 is 0 Å². The quantitative estimate of drug-likeness (QED) is 0.597. The molecule has 0 N–H and O–H groups in total. The lowest BCUT2D eigenvalue weighted by Crippen LogP contribution is -1.96. The molecule has 1 aromatic rings. The molecule has 0 spiro atoms. The molecule has 0 amide bonds. The highest BCUT2D eigenvalue weighted by Crippen LogP contribution is 2.25. The number of rotatable bonds is 5. The van der Waals surface area contributed by atoms with Gasteiger partial charge in [-0.1, -0.05) is 51.1 Å². The van der Waals surface area contributed by atoms with Crippen molar-refractivity contribution in [3.8, 4) is 0 Å². The van der Waals surface area contributed by atoms with Crippen molar-refractivity contribution < 1.29 is 0 Å².